The third-order valence-corrected chi connectivity index (χ3v) is 4.03. The molecule has 0 spiro atoms. The Morgan fingerprint density at radius 1 is 1.67 bits per heavy atom. The van der Waals surface area contributed by atoms with Crippen molar-refractivity contribution in [2.24, 2.45) is 0 Å². The molecule has 0 aliphatic carbocycles. The number of hydrogen-bond acceptors (Lipinski definition) is 4. The number of carbonyl (C=O) groups is 1. The first kappa shape index (κ1) is 11.0. The van der Waals surface area contributed by atoms with E-state index in [1.807, 2.05) is 0 Å². The van der Waals surface area contributed by atoms with Gasteiger partial charge in [0.2, 0.25) is 0 Å². The summed E-state index contributed by atoms with van der Waals surface area (Å²) in [6.45, 7) is 1.38. The maximum absolute atomic E-state index is 11.0. The molecule has 1 aliphatic rings. The van der Waals surface area contributed by atoms with E-state index >= 15 is 0 Å². The van der Waals surface area contributed by atoms with E-state index in [4.69, 9.17) is 9.84 Å². The van der Waals surface area contributed by atoms with Crippen LogP contribution in [0.4, 0.5) is 0 Å². The molecule has 4 nitrogen and oxygen atoms in total. The van der Waals surface area contributed by atoms with Crippen molar-refractivity contribution in [2.75, 3.05) is 13.2 Å². The van der Waals surface area contributed by atoms with E-state index in [0.29, 0.717) is 10.5 Å². The molecule has 0 amide bonds. The second kappa shape index (κ2) is 4.59. The molecule has 1 atom stereocenters. The average Bonchev–Trinajstić information content (AvgIpc) is 2.62. The van der Waals surface area contributed by atoms with Crippen LogP contribution in [-0.4, -0.2) is 29.3 Å². The fourth-order valence-electron chi connectivity index (χ4n) is 1.68. The fourth-order valence-corrected chi connectivity index (χ4v) is 3.28. The van der Waals surface area contributed by atoms with Gasteiger partial charge in [0.05, 0.1) is 6.61 Å². The summed E-state index contributed by atoms with van der Waals surface area (Å²) in [7, 11) is 0. The minimum atomic E-state index is -0.961. The first-order chi connectivity index (χ1) is 7.18. The lowest BCUT2D eigenvalue weighted by molar-refractivity contribution is 0.0677. The van der Waals surface area contributed by atoms with E-state index in [0.717, 1.165) is 24.3 Å². The Kier molecular flexibility index (Phi) is 3.38. The van der Waals surface area contributed by atoms with Crippen molar-refractivity contribution in [3.8, 4) is 0 Å². The molecule has 1 unspecified atom stereocenters. The number of aromatic nitrogens is 1. The molecule has 15 heavy (non-hydrogen) atoms. The van der Waals surface area contributed by atoms with Crippen LogP contribution >= 0.6 is 27.3 Å². The molecule has 1 fully saturated rings. The number of thiazole rings is 1. The zero-order valence-corrected chi connectivity index (χ0v) is 10.3. The Hall–Kier alpha value is -0.460. The van der Waals surface area contributed by atoms with Crippen molar-refractivity contribution in [1.29, 1.82) is 0 Å². The van der Waals surface area contributed by atoms with Crippen LogP contribution in [0.3, 0.4) is 0 Å². The van der Waals surface area contributed by atoms with Gasteiger partial charge in [-0.05, 0) is 28.8 Å². The summed E-state index contributed by atoms with van der Waals surface area (Å²) in [4.78, 5) is 15.8. The van der Waals surface area contributed by atoms with E-state index in [9.17, 15) is 4.79 Å². The summed E-state index contributed by atoms with van der Waals surface area (Å²) in [6.07, 6.45) is 1.97. The maximum Gasteiger partial charge on any atom is 0.355 e. The van der Waals surface area contributed by atoms with Crippen molar-refractivity contribution in [1.82, 2.24) is 4.98 Å². The van der Waals surface area contributed by atoms with Crippen molar-refractivity contribution < 1.29 is 14.6 Å². The lowest BCUT2D eigenvalue weighted by atomic mass is 9.99. The number of halogens is 1. The third-order valence-electron chi connectivity index (χ3n) is 2.36. The molecule has 1 saturated heterocycles. The smallest absolute Gasteiger partial charge is 0.355 e. The Labute approximate surface area is 99.4 Å². The molecule has 0 saturated carbocycles. The number of hydrogen-bond donors (Lipinski definition) is 1. The van der Waals surface area contributed by atoms with Gasteiger partial charge < -0.3 is 9.84 Å². The largest absolute Gasteiger partial charge is 0.476 e. The van der Waals surface area contributed by atoms with Gasteiger partial charge in [0.1, 0.15) is 0 Å². The van der Waals surface area contributed by atoms with Crippen LogP contribution in [0.2, 0.25) is 0 Å². The van der Waals surface area contributed by atoms with Crippen LogP contribution in [0.15, 0.2) is 3.92 Å². The lowest BCUT2D eigenvalue weighted by Crippen LogP contribution is -2.16. The van der Waals surface area contributed by atoms with Gasteiger partial charge in [0, 0.05) is 17.4 Å². The van der Waals surface area contributed by atoms with Crippen LogP contribution in [0.5, 0.6) is 0 Å². The molecule has 0 bridgehead atoms. The molecule has 1 N–H and O–H groups in total. The minimum absolute atomic E-state index is 0.169. The van der Waals surface area contributed by atoms with Crippen LogP contribution < -0.4 is 0 Å². The molecular formula is C9H10BrNO3S. The Morgan fingerprint density at radius 2 is 2.47 bits per heavy atom. The average molecular weight is 292 g/mol. The number of ether oxygens (including phenoxy) is 1. The molecule has 0 radical (unpaired) electrons. The summed E-state index contributed by atoms with van der Waals surface area (Å²) >= 11 is 4.62. The van der Waals surface area contributed by atoms with Crippen LogP contribution in [0.1, 0.15) is 34.1 Å². The Balaban J connectivity index is 2.28. The number of carboxylic acid groups (broad SMARTS) is 1. The summed E-state index contributed by atoms with van der Waals surface area (Å²) in [5.41, 5.74) is 0.169. The van der Waals surface area contributed by atoms with Gasteiger partial charge in [-0.2, -0.15) is 0 Å². The van der Waals surface area contributed by atoms with Crippen LogP contribution in [0, 0.1) is 0 Å². The molecule has 0 aromatic carbocycles. The summed E-state index contributed by atoms with van der Waals surface area (Å²) in [5, 5.41) is 8.99. The SMILES string of the molecule is O=C(O)c1nc(Br)sc1C1CCCOC1. The number of aromatic carboxylic acids is 1. The van der Waals surface area contributed by atoms with Crippen molar-refractivity contribution in [2.45, 2.75) is 18.8 Å². The zero-order chi connectivity index (χ0) is 10.8. The first-order valence-corrected chi connectivity index (χ1v) is 6.26. The Bertz CT molecular complexity index is 373. The fraction of sp³-hybridized carbons (Fsp3) is 0.556. The highest BCUT2D eigenvalue weighted by atomic mass is 79.9. The maximum atomic E-state index is 11.0. The van der Waals surface area contributed by atoms with Gasteiger partial charge in [-0.25, -0.2) is 9.78 Å². The predicted molar refractivity (Wildman–Crippen MR) is 59.6 cm³/mol. The van der Waals surface area contributed by atoms with Crippen molar-refractivity contribution >= 4 is 33.2 Å². The zero-order valence-electron chi connectivity index (χ0n) is 7.90. The first-order valence-electron chi connectivity index (χ1n) is 4.65. The standard InChI is InChI=1S/C9H10BrNO3S/c10-9-11-6(8(12)13)7(15-9)5-2-1-3-14-4-5/h5H,1-4H2,(H,12,13). The van der Waals surface area contributed by atoms with E-state index in [-0.39, 0.29) is 11.6 Å². The van der Waals surface area contributed by atoms with Crippen molar-refractivity contribution in [3.05, 3.63) is 14.5 Å². The molecule has 1 aliphatic heterocycles. The monoisotopic (exact) mass is 291 g/mol. The topological polar surface area (TPSA) is 59.4 Å². The highest BCUT2D eigenvalue weighted by molar-refractivity contribution is 9.11. The summed E-state index contributed by atoms with van der Waals surface area (Å²) < 4.78 is 5.98. The Morgan fingerprint density at radius 3 is 3.07 bits per heavy atom. The second-order valence-electron chi connectivity index (χ2n) is 3.40. The molecular weight excluding hydrogens is 282 g/mol. The van der Waals surface area contributed by atoms with Crippen LogP contribution in [-0.2, 0) is 4.74 Å². The lowest BCUT2D eigenvalue weighted by Gasteiger charge is -2.20. The van der Waals surface area contributed by atoms with Gasteiger partial charge in [0.25, 0.3) is 0 Å². The van der Waals surface area contributed by atoms with Gasteiger partial charge >= 0.3 is 5.97 Å². The molecule has 2 rings (SSSR count). The van der Waals surface area contributed by atoms with E-state index in [1.54, 1.807) is 0 Å². The van der Waals surface area contributed by atoms with E-state index in [1.165, 1.54) is 11.3 Å². The summed E-state index contributed by atoms with van der Waals surface area (Å²) in [5.74, 6) is -0.772. The summed E-state index contributed by atoms with van der Waals surface area (Å²) in [6, 6.07) is 0. The molecule has 1 aromatic heterocycles. The molecule has 1 aromatic rings. The van der Waals surface area contributed by atoms with Gasteiger partial charge in [-0.3, -0.25) is 0 Å². The second-order valence-corrected chi connectivity index (χ2v) is 5.71. The van der Waals surface area contributed by atoms with E-state index < -0.39 is 5.97 Å². The van der Waals surface area contributed by atoms with Crippen molar-refractivity contribution in [3.63, 3.8) is 0 Å². The predicted octanol–water partition coefficient (Wildman–Crippen LogP) is 2.50. The number of nitrogens with zero attached hydrogens (tertiary/aromatic N) is 1. The van der Waals surface area contributed by atoms with Gasteiger partial charge in [-0.15, -0.1) is 11.3 Å². The highest BCUT2D eigenvalue weighted by Crippen LogP contribution is 2.34. The molecule has 82 valence electrons. The number of rotatable bonds is 2. The third kappa shape index (κ3) is 2.38. The normalized spacial score (nSPS) is 21.5. The quantitative estimate of drug-likeness (QED) is 0.909. The van der Waals surface area contributed by atoms with Crippen LogP contribution in [0.25, 0.3) is 0 Å². The molecule has 6 heteroatoms. The minimum Gasteiger partial charge on any atom is -0.476 e. The molecule has 2 heterocycles. The number of carboxylic acids is 1. The van der Waals surface area contributed by atoms with E-state index in [2.05, 4.69) is 20.9 Å². The van der Waals surface area contributed by atoms with Gasteiger partial charge in [-0.1, -0.05) is 0 Å². The van der Waals surface area contributed by atoms with Gasteiger partial charge in [0.15, 0.2) is 9.61 Å². The highest BCUT2D eigenvalue weighted by Gasteiger charge is 2.25.